The lowest BCUT2D eigenvalue weighted by molar-refractivity contribution is -0.125. The molecule has 1 saturated heterocycles. The Bertz CT molecular complexity index is 737. The molecule has 0 aliphatic carbocycles. The van der Waals surface area contributed by atoms with Crippen molar-refractivity contribution in [3.63, 3.8) is 0 Å². The van der Waals surface area contributed by atoms with Crippen molar-refractivity contribution < 1.29 is 28.3 Å². The molecular formula is C18H24N2O7. The van der Waals surface area contributed by atoms with E-state index in [0.717, 1.165) is 0 Å². The summed E-state index contributed by atoms with van der Waals surface area (Å²) in [5.41, 5.74) is 0.0269. The third kappa shape index (κ3) is 5.57. The Kier molecular flexibility index (Phi) is 6.98. The first-order valence-electron chi connectivity index (χ1n) is 8.81. The molecule has 1 fully saturated rings. The Hall–Kier alpha value is -2.84. The molecule has 0 radical (unpaired) electrons. The fourth-order valence-corrected chi connectivity index (χ4v) is 2.96. The number of carbonyl (C=O) groups is 3. The SMILES string of the molecule is CCOC(=O)N1CCC(NC(=O)COC(=O)c2c(C)cc(=O)oc2C)CC1. The van der Waals surface area contributed by atoms with Crippen molar-refractivity contribution in [2.45, 2.75) is 39.7 Å². The molecule has 1 aliphatic rings. The second-order valence-electron chi connectivity index (χ2n) is 6.28. The minimum atomic E-state index is -0.721. The van der Waals surface area contributed by atoms with E-state index in [1.807, 2.05) is 0 Å². The number of nitrogens with zero attached hydrogens (tertiary/aromatic N) is 1. The lowest BCUT2D eigenvalue weighted by atomic mass is 10.1. The summed E-state index contributed by atoms with van der Waals surface area (Å²) in [4.78, 5) is 48.7. The van der Waals surface area contributed by atoms with Gasteiger partial charge >= 0.3 is 17.7 Å². The molecule has 1 N–H and O–H groups in total. The molecule has 0 bridgehead atoms. The van der Waals surface area contributed by atoms with Gasteiger partial charge in [-0.15, -0.1) is 0 Å². The molecule has 1 aliphatic heterocycles. The standard InChI is InChI=1S/C18H24N2O7/c1-4-25-18(24)20-7-5-13(6-8-20)19-14(21)10-26-17(23)16-11(2)9-15(22)27-12(16)3/h9,13H,4-8,10H2,1-3H3,(H,19,21). The van der Waals surface area contributed by atoms with E-state index in [4.69, 9.17) is 13.9 Å². The maximum absolute atomic E-state index is 12.2. The molecule has 148 valence electrons. The lowest BCUT2D eigenvalue weighted by Gasteiger charge is -2.31. The summed E-state index contributed by atoms with van der Waals surface area (Å²) in [6, 6.07) is 1.10. The Morgan fingerprint density at radius 3 is 2.48 bits per heavy atom. The van der Waals surface area contributed by atoms with Gasteiger partial charge < -0.3 is 24.1 Å². The molecule has 0 atom stereocenters. The van der Waals surface area contributed by atoms with Crippen LogP contribution in [-0.2, 0) is 14.3 Å². The number of hydrogen-bond acceptors (Lipinski definition) is 7. The molecule has 9 heteroatoms. The van der Waals surface area contributed by atoms with Gasteiger partial charge in [-0.2, -0.15) is 0 Å². The molecule has 0 saturated carbocycles. The van der Waals surface area contributed by atoms with Gasteiger partial charge in [0.15, 0.2) is 6.61 Å². The Balaban J connectivity index is 1.80. The van der Waals surface area contributed by atoms with Crippen LogP contribution in [0.1, 0.15) is 41.4 Å². The van der Waals surface area contributed by atoms with Gasteiger partial charge in [0.1, 0.15) is 11.3 Å². The van der Waals surface area contributed by atoms with Gasteiger partial charge in [-0.05, 0) is 39.2 Å². The zero-order valence-electron chi connectivity index (χ0n) is 15.7. The van der Waals surface area contributed by atoms with Crippen molar-refractivity contribution in [2.75, 3.05) is 26.3 Å². The van der Waals surface area contributed by atoms with Crippen LogP contribution in [0.2, 0.25) is 0 Å². The van der Waals surface area contributed by atoms with E-state index in [1.54, 1.807) is 18.7 Å². The summed E-state index contributed by atoms with van der Waals surface area (Å²) in [5.74, 6) is -0.997. The Labute approximate surface area is 156 Å². The van der Waals surface area contributed by atoms with Crippen molar-refractivity contribution >= 4 is 18.0 Å². The van der Waals surface area contributed by atoms with Gasteiger partial charge in [-0.1, -0.05) is 0 Å². The van der Waals surface area contributed by atoms with Crippen LogP contribution < -0.4 is 10.9 Å². The highest BCUT2D eigenvalue weighted by atomic mass is 16.6. The number of amides is 2. The molecule has 2 rings (SSSR count). The van der Waals surface area contributed by atoms with Crippen molar-refractivity contribution in [1.29, 1.82) is 0 Å². The van der Waals surface area contributed by atoms with Gasteiger partial charge in [0.05, 0.1) is 6.61 Å². The van der Waals surface area contributed by atoms with Crippen molar-refractivity contribution in [3.8, 4) is 0 Å². The van der Waals surface area contributed by atoms with E-state index in [2.05, 4.69) is 5.32 Å². The molecule has 0 unspecified atom stereocenters. The van der Waals surface area contributed by atoms with Crippen LogP contribution >= 0.6 is 0 Å². The molecule has 0 spiro atoms. The van der Waals surface area contributed by atoms with Gasteiger partial charge in [0, 0.05) is 25.2 Å². The number of piperidine rings is 1. The van der Waals surface area contributed by atoms with Crippen molar-refractivity contribution in [1.82, 2.24) is 10.2 Å². The summed E-state index contributed by atoms with van der Waals surface area (Å²) in [6.45, 7) is 5.70. The summed E-state index contributed by atoms with van der Waals surface area (Å²) >= 11 is 0. The van der Waals surface area contributed by atoms with E-state index < -0.39 is 24.1 Å². The molecule has 27 heavy (non-hydrogen) atoms. The van der Waals surface area contributed by atoms with E-state index >= 15 is 0 Å². The number of aryl methyl sites for hydroxylation is 2. The van der Waals surface area contributed by atoms with E-state index in [0.29, 0.717) is 38.1 Å². The first kappa shape index (κ1) is 20.5. The van der Waals surface area contributed by atoms with Gasteiger partial charge in [-0.3, -0.25) is 4.79 Å². The van der Waals surface area contributed by atoms with Gasteiger partial charge in [0.2, 0.25) is 0 Å². The van der Waals surface area contributed by atoms with E-state index in [-0.39, 0.29) is 23.5 Å². The van der Waals surface area contributed by atoms with Crippen LogP contribution in [0.5, 0.6) is 0 Å². The topological polar surface area (TPSA) is 115 Å². The highest BCUT2D eigenvalue weighted by molar-refractivity contribution is 5.93. The Morgan fingerprint density at radius 2 is 1.89 bits per heavy atom. The summed E-state index contributed by atoms with van der Waals surface area (Å²) < 4.78 is 14.9. The number of likely N-dealkylation sites (tertiary alicyclic amines) is 1. The van der Waals surface area contributed by atoms with Crippen LogP contribution in [0.3, 0.4) is 0 Å². The van der Waals surface area contributed by atoms with E-state index in [9.17, 15) is 19.2 Å². The largest absolute Gasteiger partial charge is 0.452 e. The van der Waals surface area contributed by atoms with Crippen LogP contribution in [-0.4, -0.2) is 55.2 Å². The number of ether oxygens (including phenoxy) is 2. The first-order valence-corrected chi connectivity index (χ1v) is 8.81. The third-order valence-corrected chi connectivity index (χ3v) is 4.26. The smallest absolute Gasteiger partial charge is 0.409 e. The molecule has 2 heterocycles. The highest BCUT2D eigenvalue weighted by Gasteiger charge is 2.25. The number of rotatable bonds is 5. The number of nitrogens with one attached hydrogen (secondary N) is 1. The molecular weight excluding hydrogens is 356 g/mol. The second-order valence-corrected chi connectivity index (χ2v) is 6.28. The zero-order chi connectivity index (χ0) is 20.0. The van der Waals surface area contributed by atoms with Crippen LogP contribution in [0.25, 0.3) is 0 Å². The fourth-order valence-electron chi connectivity index (χ4n) is 2.96. The number of esters is 1. The Morgan fingerprint density at radius 1 is 1.22 bits per heavy atom. The molecule has 0 aromatic carbocycles. The van der Waals surface area contributed by atoms with Crippen LogP contribution in [0.15, 0.2) is 15.3 Å². The third-order valence-electron chi connectivity index (χ3n) is 4.26. The summed E-state index contributed by atoms with van der Waals surface area (Å²) in [7, 11) is 0. The molecule has 2 amide bonds. The predicted molar refractivity (Wildman–Crippen MR) is 94.5 cm³/mol. The molecule has 9 nitrogen and oxygen atoms in total. The zero-order valence-corrected chi connectivity index (χ0v) is 15.7. The first-order chi connectivity index (χ1) is 12.8. The van der Waals surface area contributed by atoms with Crippen LogP contribution in [0.4, 0.5) is 4.79 Å². The second kappa shape index (κ2) is 9.20. The normalized spacial score (nSPS) is 14.6. The minimum Gasteiger partial charge on any atom is -0.452 e. The summed E-state index contributed by atoms with van der Waals surface area (Å²) in [6.07, 6.45) is 0.845. The lowest BCUT2D eigenvalue weighted by Crippen LogP contribution is -2.47. The number of carbonyl (C=O) groups excluding carboxylic acids is 3. The van der Waals surface area contributed by atoms with Crippen molar-refractivity contribution in [3.05, 3.63) is 33.4 Å². The maximum Gasteiger partial charge on any atom is 0.409 e. The molecule has 1 aromatic heterocycles. The predicted octanol–water partition coefficient (Wildman–Crippen LogP) is 1.15. The van der Waals surface area contributed by atoms with Gasteiger partial charge in [0.25, 0.3) is 5.91 Å². The van der Waals surface area contributed by atoms with Crippen LogP contribution in [0, 0.1) is 13.8 Å². The van der Waals surface area contributed by atoms with E-state index in [1.165, 1.54) is 13.0 Å². The van der Waals surface area contributed by atoms with Crippen molar-refractivity contribution in [2.24, 2.45) is 0 Å². The average molecular weight is 380 g/mol. The quantitative estimate of drug-likeness (QED) is 0.762. The fraction of sp³-hybridized carbons (Fsp3) is 0.556. The van der Waals surface area contributed by atoms with Gasteiger partial charge in [-0.25, -0.2) is 14.4 Å². The minimum absolute atomic E-state index is 0.0971. The monoisotopic (exact) mass is 380 g/mol. The molecule has 1 aromatic rings. The maximum atomic E-state index is 12.2. The average Bonchev–Trinajstić information content (AvgIpc) is 2.60. The number of hydrogen-bond donors (Lipinski definition) is 1. The highest BCUT2D eigenvalue weighted by Crippen LogP contribution is 2.13. The summed E-state index contributed by atoms with van der Waals surface area (Å²) in [5, 5.41) is 2.79.